The summed E-state index contributed by atoms with van der Waals surface area (Å²) in [6.07, 6.45) is 1.59. The normalized spacial score (nSPS) is 18.9. The predicted molar refractivity (Wildman–Crippen MR) is 82.6 cm³/mol. The molecule has 2 aliphatic heterocycles. The highest BCUT2D eigenvalue weighted by Gasteiger charge is 2.32. The number of cyclic esters (lactones) is 1. The van der Waals surface area contributed by atoms with Gasteiger partial charge in [-0.2, -0.15) is 0 Å². The first-order valence-electron chi connectivity index (χ1n) is 8.10. The van der Waals surface area contributed by atoms with Crippen LogP contribution in [0.1, 0.15) is 19.3 Å². The molecule has 0 bridgehead atoms. The molecule has 0 saturated carbocycles. The molecule has 0 unspecified atom stereocenters. The van der Waals surface area contributed by atoms with E-state index in [0.717, 1.165) is 18.6 Å². The van der Waals surface area contributed by atoms with Crippen LogP contribution in [0, 0.1) is 17.5 Å². The van der Waals surface area contributed by atoms with Gasteiger partial charge in [0.05, 0.1) is 12.3 Å². The average Bonchev–Trinajstić information content (AvgIpc) is 2.63. The lowest BCUT2D eigenvalue weighted by molar-refractivity contribution is 0.0418. The molecular formula is C16H18F3N3O3. The van der Waals surface area contributed by atoms with E-state index < -0.39 is 29.2 Å². The highest BCUT2D eigenvalue weighted by atomic mass is 19.2. The van der Waals surface area contributed by atoms with Gasteiger partial charge in [0, 0.05) is 25.7 Å². The van der Waals surface area contributed by atoms with Crippen LogP contribution in [-0.2, 0) is 4.74 Å². The third-order valence-electron chi connectivity index (χ3n) is 4.47. The number of benzene rings is 1. The number of hydrogen-bond acceptors (Lipinski definition) is 3. The van der Waals surface area contributed by atoms with Gasteiger partial charge in [0.2, 0.25) is 0 Å². The van der Waals surface area contributed by atoms with Crippen molar-refractivity contribution in [1.29, 1.82) is 0 Å². The second-order valence-corrected chi connectivity index (χ2v) is 6.03. The number of ether oxygens (including phenoxy) is 1. The number of carbonyl (C=O) groups is 2. The van der Waals surface area contributed by atoms with Crippen molar-refractivity contribution in [2.24, 2.45) is 0 Å². The fourth-order valence-corrected chi connectivity index (χ4v) is 3.10. The number of piperidine rings is 1. The lowest BCUT2D eigenvalue weighted by Crippen LogP contribution is -2.51. The summed E-state index contributed by atoms with van der Waals surface area (Å²) in [7, 11) is 0. The Labute approximate surface area is 142 Å². The molecule has 6 nitrogen and oxygen atoms in total. The van der Waals surface area contributed by atoms with Crippen LogP contribution in [0.15, 0.2) is 12.1 Å². The Kier molecular flexibility index (Phi) is 5.00. The molecule has 2 saturated heterocycles. The van der Waals surface area contributed by atoms with E-state index in [1.165, 1.54) is 4.90 Å². The number of likely N-dealkylation sites (tertiary alicyclic amines) is 1. The average molecular weight is 357 g/mol. The topological polar surface area (TPSA) is 61.9 Å². The molecule has 1 aromatic carbocycles. The number of halogens is 3. The second-order valence-electron chi connectivity index (χ2n) is 6.03. The zero-order chi connectivity index (χ0) is 18.0. The molecule has 0 aromatic heterocycles. The minimum Gasteiger partial charge on any atom is -0.449 e. The zero-order valence-electron chi connectivity index (χ0n) is 13.4. The lowest BCUT2D eigenvalue weighted by Gasteiger charge is -2.39. The van der Waals surface area contributed by atoms with Gasteiger partial charge in [-0.3, -0.25) is 0 Å². The summed E-state index contributed by atoms with van der Waals surface area (Å²) in [4.78, 5) is 27.1. The molecule has 25 heavy (non-hydrogen) atoms. The Hall–Kier alpha value is -2.45. The van der Waals surface area contributed by atoms with Crippen molar-refractivity contribution < 1.29 is 27.5 Å². The maximum atomic E-state index is 13.6. The van der Waals surface area contributed by atoms with E-state index >= 15 is 0 Å². The maximum Gasteiger partial charge on any atom is 0.410 e. The highest BCUT2D eigenvalue weighted by Crippen LogP contribution is 2.23. The van der Waals surface area contributed by atoms with Gasteiger partial charge in [0.1, 0.15) is 0 Å². The molecule has 1 N–H and O–H groups in total. The first-order chi connectivity index (χ1) is 12.0. The largest absolute Gasteiger partial charge is 0.449 e. The smallest absolute Gasteiger partial charge is 0.410 e. The summed E-state index contributed by atoms with van der Waals surface area (Å²) >= 11 is 0. The maximum absolute atomic E-state index is 13.6. The molecule has 136 valence electrons. The van der Waals surface area contributed by atoms with Crippen molar-refractivity contribution in [2.45, 2.75) is 25.3 Å². The van der Waals surface area contributed by atoms with E-state index in [4.69, 9.17) is 4.74 Å². The van der Waals surface area contributed by atoms with Gasteiger partial charge in [0.25, 0.3) is 0 Å². The van der Waals surface area contributed by atoms with E-state index in [9.17, 15) is 22.8 Å². The van der Waals surface area contributed by atoms with Crippen molar-refractivity contribution in [3.05, 3.63) is 29.6 Å². The Morgan fingerprint density at radius 3 is 2.52 bits per heavy atom. The van der Waals surface area contributed by atoms with Crippen LogP contribution in [0.3, 0.4) is 0 Å². The summed E-state index contributed by atoms with van der Waals surface area (Å²) in [5, 5.41) is 2.25. The molecule has 0 spiro atoms. The molecule has 9 heteroatoms. The van der Waals surface area contributed by atoms with Crippen LogP contribution >= 0.6 is 0 Å². The minimum atomic E-state index is -1.62. The zero-order valence-corrected chi connectivity index (χ0v) is 13.4. The molecule has 3 rings (SSSR count). The van der Waals surface area contributed by atoms with Crippen LogP contribution in [-0.4, -0.2) is 54.2 Å². The van der Waals surface area contributed by atoms with Crippen molar-refractivity contribution in [3.8, 4) is 0 Å². The fourth-order valence-electron chi connectivity index (χ4n) is 3.10. The predicted octanol–water partition coefficient (Wildman–Crippen LogP) is 2.94. The summed E-state index contributed by atoms with van der Waals surface area (Å²) in [5.74, 6) is -4.37. The molecule has 0 aliphatic carbocycles. The number of hydrogen-bond donors (Lipinski definition) is 1. The van der Waals surface area contributed by atoms with Gasteiger partial charge in [-0.05, 0) is 31.4 Å². The van der Waals surface area contributed by atoms with Crippen LogP contribution < -0.4 is 5.32 Å². The van der Waals surface area contributed by atoms with Gasteiger partial charge in [-0.15, -0.1) is 0 Å². The molecule has 0 atom stereocenters. The molecule has 0 radical (unpaired) electrons. The van der Waals surface area contributed by atoms with Crippen LogP contribution in [0.5, 0.6) is 0 Å². The van der Waals surface area contributed by atoms with Crippen LogP contribution in [0.25, 0.3) is 0 Å². The summed E-state index contributed by atoms with van der Waals surface area (Å²) in [6, 6.07) is 1.13. The standard InChI is InChI=1S/C16H18F3N3O3/c17-11-2-3-12(14(19)13(11)18)20-15(23)21-7-4-10(5-8-21)22-6-1-9-25-16(22)24/h2-3,10H,1,4-9H2,(H,20,23). The molecule has 2 fully saturated rings. The third-order valence-corrected chi connectivity index (χ3v) is 4.47. The van der Waals surface area contributed by atoms with E-state index in [2.05, 4.69) is 5.32 Å². The third kappa shape index (κ3) is 3.64. The number of rotatable bonds is 2. The van der Waals surface area contributed by atoms with Crippen LogP contribution in [0.4, 0.5) is 28.4 Å². The van der Waals surface area contributed by atoms with Gasteiger partial charge in [0.15, 0.2) is 17.5 Å². The summed E-state index contributed by atoms with van der Waals surface area (Å²) in [5.41, 5.74) is -0.411. The second kappa shape index (κ2) is 7.20. The first-order valence-corrected chi connectivity index (χ1v) is 8.10. The van der Waals surface area contributed by atoms with Gasteiger partial charge >= 0.3 is 12.1 Å². The number of anilines is 1. The summed E-state index contributed by atoms with van der Waals surface area (Å²) in [6.45, 7) is 1.79. The Morgan fingerprint density at radius 2 is 1.84 bits per heavy atom. The van der Waals surface area contributed by atoms with Crippen molar-refractivity contribution in [3.63, 3.8) is 0 Å². The van der Waals surface area contributed by atoms with Gasteiger partial charge in [-0.25, -0.2) is 22.8 Å². The molecule has 3 amide bonds. The number of nitrogens with zero attached hydrogens (tertiary/aromatic N) is 2. The highest BCUT2D eigenvalue weighted by molar-refractivity contribution is 5.89. The van der Waals surface area contributed by atoms with Crippen molar-refractivity contribution in [1.82, 2.24) is 9.80 Å². The number of amides is 3. The molecule has 2 heterocycles. The Balaban J connectivity index is 1.57. The Morgan fingerprint density at radius 1 is 1.12 bits per heavy atom. The van der Waals surface area contributed by atoms with E-state index in [1.54, 1.807) is 4.90 Å². The summed E-state index contributed by atoms with van der Waals surface area (Å²) < 4.78 is 44.8. The minimum absolute atomic E-state index is 0.00292. The van der Waals surface area contributed by atoms with E-state index in [0.29, 0.717) is 39.1 Å². The quantitative estimate of drug-likeness (QED) is 0.828. The van der Waals surface area contributed by atoms with Gasteiger partial charge in [-0.1, -0.05) is 0 Å². The molecule has 1 aromatic rings. The van der Waals surface area contributed by atoms with E-state index in [-0.39, 0.29) is 12.1 Å². The van der Waals surface area contributed by atoms with Gasteiger partial charge < -0.3 is 19.9 Å². The number of nitrogens with one attached hydrogen (secondary N) is 1. The van der Waals surface area contributed by atoms with Crippen molar-refractivity contribution in [2.75, 3.05) is 31.6 Å². The van der Waals surface area contributed by atoms with Crippen LogP contribution in [0.2, 0.25) is 0 Å². The SMILES string of the molecule is O=C(Nc1ccc(F)c(F)c1F)N1CCC(N2CCCOC2=O)CC1. The lowest BCUT2D eigenvalue weighted by atomic mass is 10.0. The monoisotopic (exact) mass is 357 g/mol. The molecular weight excluding hydrogens is 339 g/mol. The number of carbonyl (C=O) groups excluding carboxylic acids is 2. The number of urea groups is 1. The fraction of sp³-hybridized carbons (Fsp3) is 0.500. The Bertz CT molecular complexity index is 678. The molecule has 2 aliphatic rings. The van der Waals surface area contributed by atoms with Crippen molar-refractivity contribution >= 4 is 17.8 Å². The van der Waals surface area contributed by atoms with E-state index in [1.807, 2.05) is 0 Å². The first kappa shape index (κ1) is 17.4.